The van der Waals surface area contributed by atoms with Crippen LogP contribution in [0.25, 0.3) is 0 Å². The van der Waals surface area contributed by atoms with Gasteiger partial charge in [-0.15, -0.1) is 0 Å². The number of aromatic hydroxyl groups is 1. The number of benzene rings is 2. The van der Waals surface area contributed by atoms with E-state index in [1.165, 1.54) is 6.07 Å². The fraction of sp³-hybridized carbons (Fsp3) is 0.143. The minimum Gasteiger partial charge on any atom is -0.508 e. The molecule has 0 aliphatic rings. The number of halogens is 3. The molecule has 0 aliphatic heterocycles. The molecule has 0 aromatic heterocycles. The predicted octanol–water partition coefficient (Wildman–Crippen LogP) is 5.01. The molecule has 0 bridgehead atoms. The van der Waals surface area contributed by atoms with Crippen LogP contribution >= 0.6 is 23.2 Å². The smallest absolute Gasteiger partial charge is 0.132 e. The summed E-state index contributed by atoms with van der Waals surface area (Å²) in [5.41, 5.74) is 1.21. The maximum absolute atomic E-state index is 13.7. The second kappa shape index (κ2) is 5.68. The standard InChI is InChI=1S/C14H12Cl2FNO/c1-8(11-4-3-10(19)7-14(11)17)18-9-2-5-12(15)13(16)6-9/h2-8,18-19H,1H3. The van der Waals surface area contributed by atoms with Crippen molar-refractivity contribution in [1.82, 2.24) is 0 Å². The van der Waals surface area contributed by atoms with E-state index in [9.17, 15) is 9.50 Å². The Labute approximate surface area is 120 Å². The Bertz CT molecular complexity index is 604. The molecule has 2 rings (SSSR count). The Morgan fingerprint density at radius 3 is 2.47 bits per heavy atom. The van der Waals surface area contributed by atoms with E-state index < -0.39 is 5.82 Å². The summed E-state index contributed by atoms with van der Waals surface area (Å²) in [5, 5.41) is 13.2. The van der Waals surface area contributed by atoms with E-state index in [0.29, 0.717) is 15.6 Å². The maximum Gasteiger partial charge on any atom is 0.132 e. The van der Waals surface area contributed by atoms with Gasteiger partial charge in [0, 0.05) is 17.3 Å². The highest BCUT2D eigenvalue weighted by Gasteiger charge is 2.12. The lowest BCUT2D eigenvalue weighted by atomic mass is 10.1. The van der Waals surface area contributed by atoms with Crippen LogP contribution in [0.2, 0.25) is 10.0 Å². The van der Waals surface area contributed by atoms with Crippen molar-refractivity contribution in [1.29, 1.82) is 0 Å². The van der Waals surface area contributed by atoms with E-state index in [0.717, 1.165) is 11.8 Å². The summed E-state index contributed by atoms with van der Waals surface area (Å²) in [7, 11) is 0. The van der Waals surface area contributed by atoms with Crippen LogP contribution in [0.5, 0.6) is 5.75 Å². The quantitative estimate of drug-likeness (QED) is 0.835. The first-order chi connectivity index (χ1) is 8.97. The van der Waals surface area contributed by atoms with Crippen LogP contribution in [0.1, 0.15) is 18.5 Å². The Hall–Kier alpha value is -1.45. The molecule has 0 saturated carbocycles. The Morgan fingerprint density at radius 2 is 1.84 bits per heavy atom. The van der Waals surface area contributed by atoms with Gasteiger partial charge in [0.1, 0.15) is 11.6 Å². The minimum absolute atomic E-state index is 0.0945. The molecule has 0 heterocycles. The van der Waals surface area contributed by atoms with Crippen molar-refractivity contribution in [2.45, 2.75) is 13.0 Å². The molecule has 2 aromatic carbocycles. The van der Waals surface area contributed by atoms with Gasteiger partial charge in [0.15, 0.2) is 0 Å². The number of hydrogen-bond acceptors (Lipinski definition) is 2. The van der Waals surface area contributed by atoms with Crippen LogP contribution in [0.15, 0.2) is 36.4 Å². The van der Waals surface area contributed by atoms with E-state index in [1.54, 1.807) is 24.3 Å². The third-order valence-corrected chi connectivity index (χ3v) is 3.49. The maximum atomic E-state index is 13.7. The van der Waals surface area contributed by atoms with Gasteiger partial charge in [-0.05, 0) is 31.2 Å². The van der Waals surface area contributed by atoms with Gasteiger partial charge in [-0.2, -0.15) is 0 Å². The summed E-state index contributed by atoms with van der Waals surface area (Å²) in [6.45, 7) is 1.82. The lowest BCUT2D eigenvalue weighted by molar-refractivity contribution is 0.467. The van der Waals surface area contributed by atoms with Crippen molar-refractivity contribution >= 4 is 28.9 Å². The first-order valence-corrected chi connectivity index (χ1v) is 6.43. The summed E-state index contributed by atoms with van der Waals surface area (Å²) >= 11 is 11.7. The molecule has 2 N–H and O–H groups in total. The topological polar surface area (TPSA) is 32.3 Å². The van der Waals surface area contributed by atoms with Crippen molar-refractivity contribution in [2.24, 2.45) is 0 Å². The molecule has 1 unspecified atom stereocenters. The molecule has 2 nitrogen and oxygen atoms in total. The monoisotopic (exact) mass is 299 g/mol. The average Bonchev–Trinajstić information content (AvgIpc) is 2.33. The zero-order valence-electron chi connectivity index (χ0n) is 10.1. The van der Waals surface area contributed by atoms with Crippen molar-refractivity contribution in [2.75, 3.05) is 5.32 Å². The molecular formula is C14H12Cl2FNO. The van der Waals surface area contributed by atoms with Gasteiger partial charge < -0.3 is 10.4 Å². The van der Waals surface area contributed by atoms with Crippen molar-refractivity contribution in [3.8, 4) is 5.75 Å². The summed E-state index contributed by atoms with van der Waals surface area (Å²) in [5.74, 6) is -0.553. The molecule has 0 saturated heterocycles. The van der Waals surface area contributed by atoms with Crippen molar-refractivity contribution in [3.05, 3.63) is 57.8 Å². The summed E-state index contributed by atoms with van der Waals surface area (Å²) < 4.78 is 13.7. The normalized spacial score (nSPS) is 12.2. The first kappa shape index (κ1) is 14.0. The van der Waals surface area contributed by atoms with Crippen LogP contribution in [0, 0.1) is 5.82 Å². The van der Waals surface area contributed by atoms with Gasteiger partial charge in [0.2, 0.25) is 0 Å². The number of nitrogens with one attached hydrogen (secondary N) is 1. The molecule has 1 atom stereocenters. The predicted molar refractivity (Wildman–Crippen MR) is 76.6 cm³/mol. The van der Waals surface area contributed by atoms with Gasteiger partial charge in [-0.3, -0.25) is 0 Å². The molecule has 100 valence electrons. The number of hydrogen-bond donors (Lipinski definition) is 2. The summed E-state index contributed by atoms with van der Waals surface area (Å²) in [4.78, 5) is 0. The molecule has 0 amide bonds. The number of phenols is 1. The third-order valence-electron chi connectivity index (χ3n) is 2.75. The van der Waals surface area contributed by atoms with E-state index in [-0.39, 0.29) is 11.8 Å². The summed E-state index contributed by atoms with van der Waals surface area (Å²) in [6.07, 6.45) is 0. The fourth-order valence-electron chi connectivity index (χ4n) is 1.78. The molecule has 0 aliphatic carbocycles. The summed E-state index contributed by atoms with van der Waals surface area (Å²) in [6, 6.07) is 8.93. The molecule has 0 radical (unpaired) electrons. The second-order valence-electron chi connectivity index (χ2n) is 4.20. The zero-order chi connectivity index (χ0) is 14.0. The lowest BCUT2D eigenvalue weighted by Crippen LogP contribution is -2.08. The van der Waals surface area contributed by atoms with Gasteiger partial charge in [0.05, 0.1) is 16.1 Å². The van der Waals surface area contributed by atoms with Crippen LogP contribution in [0.3, 0.4) is 0 Å². The highest BCUT2D eigenvalue weighted by Crippen LogP contribution is 2.28. The van der Waals surface area contributed by atoms with E-state index in [1.807, 2.05) is 6.92 Å². The van der Waals surface area contributed by atoms with Gasteiger partial charge in [0.25, 0.3) is 0 Å². The number of rotatable bonds is 3. The SMILES string of the molecule is CC(Nc1ccc(Cl)c(Cl)c1)c1ccc(O)cc1F. The molecule has 5 heteroatoms. The van der Waals surface area contributed by atoms with Crippen LogP contribution in [-0.2, 0) is 0 Å². The molecule has 2 aromatic rings. The van der Waals surface area contributed by atoms with Crippen molar-refractivity contribution in [3.63, 3.8) is 0 Å². The van der Waals surface area contributed by atoms with E-state index in [4.69, 9.17) is 23.2 Å². The Balaban J connectivity index is 2.20. The number of phenolic OH excluding ortho intramolecular Hbond substituents is 1. The second-order valence-corrected chi connectivity index (χ2v) is 5.02. The number of anilines is 1. The van der Waals surface area contributed by atoms with Crippen LogP contribution in [0.4, 0.5) is 10.1 Å². The highest BCUT2D eigenvalue weighted by molar-refractivity contribution is 6.42. The zero-order valence-corrected chi connectivity index (χ0v) is 11.6. The molecule has 0 fully saturated rings. The van der Waals surface area contributed by atoms with E-state index in [2.05, 4.69) is 5.32 Å². The lowest BCUT2D eigenvalue weighted by Gasteiger charge is -2.17. The van der Waals surface area contributed by atoms with Crippen molar-refractivity contribution < 1.29 is 9.50 Å². The molecule has 0 spiro atoms. The Kier molecular flexibility index (Phi) is 4.17. The minimum atomic E-state index is -0.458. The Morgan fingerprint density at radius 1 is 1.11 bits per heavy atom. The largest absolute Gasteiger partial charge is 0.508 e. The van der Waals surface area contributed by atoms with Gasteiger partial charge >= 0.3 is 0 Å². The first-order valence-electron chi connectivity index (χ1n) is 5.67. The van der Waals surface area contributed by atoms with E-state index >= 15 is 0 Å². The average molecular weight is 300 g/mol. The third kappa shape index (κ3) is 3.31. The van der Waals surface area contributed by atoms with Crippen LogP contribution < -0.4 is 5.32 Å². The fourth-order valence-corrected chi connectivity index (χ4v) is 2.08. The highest BCUT2D eigenvalue weighted by atomic mass is 35.5. The van der Waals surface area contributed by atoms with Gasteiger partial charge in [-0.1, -0.05) is 29.3 Å². The van der Waals surface area contributed by atoms with Gasteiger partial charge in [-0.25, -0.2) is 4.39 Å². The molecule has 19 heavy (non-hydrogen) atoms. The van der Waals surface area contributed by atoms with Crippen LogP contribution in [-0.4, -0.2) is 5.11 Å². The molecular weight excluding hydrogens is 288 g/mol.